The number of carbonyl (C=O) groups excluding carboxylic acids is 1. The molecule has 54 heavy (non-hydrogen) atoms. The molecule has 0 saturated heterocycles. The molecule has 0 spiro atoms. The smallest absolute Gasteiger partial charge is 0.268 e. The number of hydrogen-bond acceptors (Lipinski definition) is 6. The number of carbonyl (C=O) groups is 1. The zero-order valence-electron chi connectivity index (χ0n) is 36.2. The number of quaternary nitrogens is 1. The first kappa shape index (κ1) is 53.0. The predicted molar refractivity (Wildman–Crippen MR) is 228 cm³/mol. The summed E-state index contributed by atoms with van der Waals surface area (Å²) in [5, 5.41) is 13.9. The van der Waals surface area contributed by atoms with Crippen LogP contribution >= 0.6 is 7.82 Å². The number of aliphatic hydroxyl groups excluding tert-OH is 1. The van der Waals surface area contributed by atoms with E-state index in [-0.39, 0.29) is 19.1 Å². The lowest BCUT2D eigenvalue weighted by molar-refractivity contribution is -0.870. The SMILES string of the molecule is CCCC/C=C\C/C=C\CCCCCCCC(=O)NC(COP(=O)([O-])OCC[N+](C)(C)C)C(O)CCCCCCCCCCCCCCCCCCCC. The van der Waals surface area contributed by atoms with Gasteiger partial charge in [-0.1, -0.05) is 186 Å². The Hall–Kier alpha value is -1.02. The Morgan fingerprint density at radius 2 is 1.09 bits per heavy atom. The van der Waals surface area contributed by atoms with Gasteiger partial charge in [0.15, 0.2) is 0 Å². The summed E-state index contributed by atoms with van der Waals surface area (Å²) >= 11 is 0. The molecule has 9 heteroatoms. The molecule has 0 aliphatic heterocycles. The summed E-state index contributed by atoms with van der Waals surface area (Å²) in [6, 6.07) is -0.805. The second-order valence-electron chi connectivity index (χ2n) is 16.8. The van der Waals surface area contributed by atoms with Crippen molar-refractivity contribution in [2.45, 2.75) is 219 Å². The number of aliphatic hydroxyl groups is 1. The third kappa shape index (κ3) is 39.2. The maximum Gasteiger partial charge on any atom is 0.268 e. The second kappa shape index (κ2) is 37.6. The van der Waals surface area contributed by atoms with E-state index >= 15 is 0 Å². The van der Waals surface area contributed by atoms with Crippen molar-refractivity contribution in [3.63, 3.8) is 0 Å². The highest BCUT2D eigenvalue weighted by Crippen LogP contribution is 2.38. The Morgan fingerprint density at radius 1 is 0.648 bits per heavy atom. The van der Waals surface area contributed by atoms with Crippen LogP contribution in [-0.2, 0) is 18.4 Å². The third-order valence-electron chi connectivity index (χ3n) is 10.2. The molecule has 0 aromatic heterocycles. The van der Waals surface area contributed by atoms with Crippen molar-refractivity contribution in [3.8, 4) is 0 Å². The number of nitrogens with one attached hydrogen (secondary N) is 1. The molecule has 0 rings (SSSR count). The fourth-order valence-corrected chi connectivity index (χ4v) is 7.25. The molecule has 320 valence electrons. The van der Waals surface area contributed by atoms with E-state index in [9.17, 15) is 19.4 Å². The van der Waals surface area contributed by atoms with Crippen LogP contribution in [-0.4, -0.2) is 68.5 Å². The third-order valence-corrected chi connectivity index (χ3v) is 11.2. The van der Waals surface area contributed by atoms with Gasteiger partial charge in [-0.15, -0.1) is 0 Å². The van der Waals surface area contributed by atoms with Crippen LogP contribution in [0.5, 0.6) is 0 Å². The lowest BCUT2D eigenvalue weighted by Gasteiger charge is -2.30. The number of allylic oxidation sites excluding steroid dienone is 4. The van der Waals surface area contributed by atoms with Crippen LogP contribution in [0.2, 0.25) is 0 Å². The summed E-state index contributed by atoms with van der Waals surface area (Å²) in [6.45, 7) is 4.67. The summed E-state index contributed by atoms with van der Waals surface area (Å²) in [7, 11) is 1.30. The van der Waals surface area contributed by atoms with Crippen molar-refractivity contribution in [3.05, 3.63) is 24.3 Å². The number of hydrogen-bond donors (Lipinski definition) is 2. The van der Waals surface area contributed by atoms with Crippen LogP contribution < -0.4 is 10.2 Å². The molecule has 0 aliphatic rings. The highest BCUT2D eigenvalue weighted by atomic mass is 31.2. The highest BCUT2D eigenvalue weighted by molar-refractivity contribution is 7.45. The zero-order chi connectivity index (χ0) is 40.0. The van der Waals surface area contributed by atoms with Crippen molar-refractivity contribution in [2.24, 2.45) is 0 Å². The molecule has 1 amide bonds. The molecular formula is C45H89N2O6P. The second-order valence-corrected chi connectivity index (χ2v) is 18.2. The molecule has 3 unspecified atom stereocenters. The van der Waals surface area contributed by atoms with Crippen LogP contribution in [0.4, 0.5) is 0 Å². The number of rotatable bonds is 41. The van der Waals surface area contributed by atoms with E-state index in [4.69, 9.17) is 9.05 Å². The monoisotopic (exact) mass is 785 g/mol. The number of nitrogens with zero attached hydrogens (tertiary/aromatic N) is 1. The minimum atomic E-state index is -4.56. The molecule has 0 radical (unpaired) electrons. The number of likely N-dealkylation sites (N-methyl/N-ethyl adjacent to an activating group) is 1. The Morgan fingerprint density at radius 3 is 1.59 bits per heavy atom. The highest BCUT2D eigenvalue weighted by Gasteiger charge is 2.24. The summed E-state index contributed by atoms with van der Waals surface area (Å²) in [5.74, 6) is -0.179. The Labute approximate surface area is 334 Å². The van der Waals surface area contributed by atoms with Crippen molar-refractivity contribution in [2.75, 3.05) is 40.9 Å². The molecule has 0 saturated carbocycles. The normalized spacial score (nSPS) is 14.6. The van der Waals surface area contributed by atoms with E-state index in [1.807, 2.05) is 21.1 Å². The number of phosphoric ester groups is 1. The van der Waals surface area contributed by atoms with Crippen LogP contribution in [0.3, 0.4) is 0 Å². The predicted octanol–water partition coefficient (Wildman–Crippen LogP) is 11.9. The van der Waals surface area contributed by atoms with E-state index in [1.54, 1.807) is 0 Å². The van der Waals surface area contributed by atoms with Gasteiger partial charge in [0.2, 0.25) is 5.91 Å². The Bertz CT molecular complexity index is 938. The van der Waals surface area contributed by atoms with Gasteiger partial charge >= 0.3 is 0 Å². The fraction of sp³-hybridized carbons (Fsp3) is 0.889. The Balaban J connectivity index is 4.35. The summed E-state index contributed by atoms with van der Waals surface area (Å²) in [5.41, 5.74) is 0. The summed E-state index contributed by atoms with van der Waals surface area (Å²) in [6.07, 6.45) is 43.2. The lowest BCUT2D eigenvalue weighted by Crippen LogP contribution is -2.46. The van der Waals surface area contributed by atoms with E-state index in [0.717, 1.165) is 64.2 Å². The number of phosphoric acid groups is 1. The van der Waals surface area contributed by atoms with Gasteiger partial charge in [-0.05, 0) is 38.5 Å². The fourth-order valence-electron chi connectivity index (χ4n) is 6.53. The molecule has 0 aromatic rings. The molecule has 0 bridgehead atoms. The molecule has 2 N–H and O–H groups in total. The number of amides is 1. The van der Waals surface area contributed by atoms with Crippen LogP contribution in [0, 0.1) is 0 Å². The lowest BCUT2D eigenvalue weighted by atomic mass is 10.0. The van der Waals surface area contributed by atoms with E-state index < -0.39 is 20.0 Å². The van der Waals surface area contributed by atoms with Crippen LogP contribution in [0.1, 0.15) is 206 Å². The van der Waals surface area contributed by atoms with E-state index in [1.165, 1.54) is 116 Å². The van der Waals surface area contributed by atoms with Gasteiger partial charge < -0.3 is 28.8 Å². The van der Waals surface area contributed by atoms with Crippen LogP contribution in [0.25, 0.3) is 0 Å². The molecule has 0 aliphatic carbocycles. The van der Waals surface area contributed by atoms with E-state index in [0.29, 0.717) is 23.9 Å². The minimum absolute atomic E-state index is 0.00984. The number of unbranched alkanes of at least 4 members (excludes halogenated alkanes) is 24. The van der Waals surface area contributed by atoms with E-state index in [2.05, 4.69) is 43.5 Å². The largest absolute Gasteiger partial charge is 0.756 e. The first-order valence-electron chi connectivity index (χ1n) is 22.7. The van der Waals surface area contributed by atoms with Gasteiger partial charge in [-0.3, -0.25) is 9.36 Å². The maximum atomic E-state index is 12.9. The van der Waals surface area contributed by atoms with Gasteiger partial charge in [0.25, 0.3) is 7.82 Å². The van der Waals surface area contributed by atoms with Gasteiger partial charge in [0, 0.05) is 6.42 Å². The van der Waals surface area contributed by atoms with Crippen LogP contribution in [0.15, 0.2) is 24.3 Å². The van der Waals surface area contributed by atoms with Crippen molar-refractivity contribution >= 4 is 13.7 Å². The van der Waals surface area contributed by atoms with Gasteiger partial charge in [-0.25, -0.2) is 0 Å². The molecule has 0 fully saturated rings. The summed E-state index contributed by atoms with van der Waals surface area (Å²) in [4.78, 5) is 25.3. The average molecular weight is 785 g/mol. The average Bonchev–Trinajstić information content (AvgIpc) is 3.12. The van der Waals surface area contributed by atoms with Gasteiger partial charge in [-0.2, -0.15) is 0 Å². The quantitative estimate of drug-likeness (QED) is 0.0277. The maximum absolute atomic E-state index is 12.9. The molecule has 0 aromatic carbocycles. The first-order chi connectivity index (χ1) is 26.0. The van der Waals surface area contributed by atoms with Gasteiger partial charge in [0.05, 0.1) is 39.9 Å². The van der Waals surface area contributed by atoms with Crippen molar-refractivity contribution in [1.29, 1.82) is 0 Å². The first-order valence-corrected chi connectivity index (χ1v) is 24.1. The molecule has 0 heterocycles. The standard InChI is InChI=1S/C45H89N2O6P/c1-6-8-10-12-14-16-18-20-22-23-24-25-26-28-30-32-34-36-38-44(48)43(42-53-54(50,51)52-41-40-47(3,4)5)46-45(49)39-37-35-33-31-29-27-21-19-17-15-13-11-9-7-2/h13,15,19,21,43-44,48H,6-12,14,16-18,20,22-42H2,1-5H3,(H-,46,49,50,51)/b15-13-,21-19-. The van der Waals surface area contributed by atoms with Crippen molar-refractivity contribution in [1.82, 2.24) is 5.32 Å². The molecule has 8 nitrogen and oxygen atoms in total. The molecule has 3 atom stereocenters. The zero-order valence-corrected chi connectivity index (χ0v) is 37.1. The van der Waals surface area contributed by atoms with Crippen molar-refractivity contribution < 1.29 is 32.9 Å². The topological polar surface area (TPSA) is 108 Å². The molecular weight excluding hydrogens is 695 g/mol. The summed E-state index contributed by atoms with van der Waals surface area (Å²) < 4.78 is 23.3. The Kier molecular flexibility index (Phi) is 36.8. The van der Waals surface area contributed by atoms with Gasteiger partial charge in [0.1, 0.15) is 13.2 Å². The minimum Gasteiger partial charge on any atom is -0.756 e.